The van der Waals surface area contributed by atoms with Gasteiger partial charge in [-0.25, -0.2) is 0 Å². The maximum Gasteiger partial charge on any atom is 0.261 e. The van der Waals surface area contributed by atoms with Crippen LogP contribution in [0.5, 0.6) is 0 Å². The molecular formula is C20H27N5O2. The Kier molecular flexibility index (Phi) is 6.05. The Hall–Kier alpha value is -2.48. The van der Waals surface area contributed by atoms with E-state index in [1.807, 2.05) is 31.2 Å². The lowest BCUT2D eigenvalue weighted by atomic mass is 9.93. The maximum atomic E-state index is 12.7. The predicted molar refractivity (Wildman–Crippen MR) is 108 cm³/mol. The first kappa shape index (κ1) is 19.3. The van der Waals surface area contributed by atoms with E-state index in [0.717, 1.165) is 42.6 Å². The summed E-state index contributed by atoms with van der Waals surface area (Å²) in [5.74, 6) is -0.454. The molecule has 0 spiro atoms. The molecule has 27 heavy (non-hydrogen) atoms. The van der Waals surface area contributed by atoms with E-state index >= 15 is 0 Å². The molecule has 0 bridgehead atoms. The van der Waals surface area contributed by atoms with Crippen LogP contribution in [-0.2, 0) is 0 Å². The summed E-state index contributed by atoms with van der Waals surface area (Å²) in [6, 6.07) is 9.33. The standard InChI is InChI=1S/C20H27N5O2/c1-2-25-19(26)15-5-3-4-14-17(7-6-16(18(14)15)20(25)27)23-10-13-24(11-8-21)12-9-22/h3-7,23H,2,8-13,21-22H2,1H3. The summed E-state index contributed by atoms with van der Waals surface area (Å²) in [4.78, 5) is 28.8. The summed E-state index contributed by atoms with van der Waals surface area (Å²) in [5.41, 5.74) is 13.4. The Morgan fingerprint density at radius 1 is 0.963 bits per heavy atom. The second-order valence-corrected chi connectivity index (χ2v) is 6.59. The number of nitrogens with one attached hydrogen (secondary N) is 1. The molecule has 7 heteroatoms. The van der Waals surface area contributed by atoms with Crippen LogP contribution in [-0.4, -0.2) is 67.4 Å². The van der Waals surface area contributed by atoms with Crippen LogP contribution in [0.25, 0.3) is 10.8 Å². The second kappa shape index (κ2) is 8.47. The van der Waals surface area contributed by atoms with Crippen molar-refractivity contribution in [2.75, 3.05) is 51.1 Å². The van der Waals surface area contributed by atoms with Crippen molar-refractivity contribution in [2.45, 2.75) is 6.92 Å². The minimum atomic E-state index is -0.227. The van der Waals surface area contributed by atoms with Crippen LogP contribution in [0.4, 0.5) is 5.69 Å². The molecule has 0 aliphatic carbocycles. The van der Waals surface area contributed by atoms with E-state index in [1.165, 1.54) is 4.90 Å². The average molecular weight is 369 g/mol. The first-order chi connectivity index (χ1) is 13.1. The number of carbonyl (C=O) groups is 2. The monoisotopic (exact) mass is 369 g/mol. The highest BCUT2D eigenvalue weighted by Crippen LogP contribution is 2.34. The van der Waals surface area contributed by atoms with Crippen molar-refractivity contribution in [2.24, 2.45) is 11.5 Å². The van der Waals surface area contributed by atoms with Gasteiger partial charge >= 0.3 is 0 Å². The minimum absolute atomic E-state index is 0.227. The number of rotatable bonds is 9. The Morgan fingerprint density at radius 2 is 1.63 bits per heavy atom. The Labute approximate surface area is 159 Å². The van der Waals surface area contributed by atoms with Crippen LogP contribution in [0.1, 0.15) is 27.6 Å². The van der Waals surface area contributed by atoms with E-state index in [9.17, 15) is 9.59 Å². The quantitative estimate of drug-likeness (QED) is 0.572. The van der Waals surface area contributed by atoms with Crippen molar-refractivity contribution in [3.63, 3.8) is 0 Å². The van der Waals surface area contributed by atoms with Crippen molar-refractivity contribution >= 4 is 28.3 Å². The predicted octanol–water partition coefficient (Wildman–Crippen LogP) is 1.09. The summed E-state index contributed by atoms with van der Waals surface area (Å²) in [6.07, 6.45) is 0. The molecule has 3 rings (SSSR count). The lowest BCUT2D eigenvalue weighted by Gasteiger charge is -2.27. The van der Waals surface area contributed by atoms with Gasteiger partial charge in [-0.05, 0) is 25.1 Å². The van der Waals surface area contributed by atoms with Crippen LogP contribution in [0.3, 0.4) is 0 Å². The molecule has 5 N–H and O–H groups in total. The maximum absolute atomic E-state index is 12.7. The number of hydrogen-bond acceptors (Lipinski definition) is 6. The normalized spacial score (nSPS) is 13.7. The van der Waals surface area contributed by atoms with E-state index in [2.05, 4.69) is 10.2 Å². The summed E-state index contributed by atoms with van der Waals surface area (Å²) >= 11 is 0. The number of amides is 2. The third-order valence-corrected chi connectivity index (χ3v) is 4.94. The second-order valence-electron chi connectivity index (χ2n) is 6.59. The lowest BCUT2D eigenvalue weighted by Crippen LogP contribution is -2.40. The topological polar surface area (TPSA) is 105 Å². The molecule has 1 aliphatic rings. The molecule has 1 heterocycles. The smallest absolute Gasteiger partial charge is 0.261 e. The number of hydrogen-bond donors (Lipinski definition) is 3. The number of imide groups is 1. The number of carbonyl (C=O) groups excluding carboxylic acids is 2. The molecule has 2 amide bonds. The molecule has 144 valence electrons. The highest BCUT2D eigenvalue weighted by molar-refractivity contribution is 6.26. The van der Waals surface area contributed by atoms with Crippen molar-refractivity contribution in [3.8, 4) is 0 Å². The summed E-state index contributed by atoms with van der Waals surface area (Å²) in [6.45, 7) is 6.52. The first-order valence-electron chi connectivity index (χ1n) is 9.40. The van der Waals surface area contributed by atoms with Gasteiger partial charge in [0.15, 0.2) is 0 Å². The van der Waals surface area contributed by atoms with Gasteiger partial charge in [-0.15, -0.1) is 0 Å². The van der Waals surface area contributed by atoms with E-state index in [-0.39, 0.29) is 11.8 Å². The molecule has 7 nitrogen and oxygen atoms in total. The molecule has 2 aromatic carbocycles. The molecule has 0 radical (unpaired) electrons. The van der Waals surface area contributed by atoms with Crippen LogP contribution in [0, 0.1) is 0 Å². The summed E-state index contributed by atoms with van der Waals surface area (Å²) in [5, 5.41) is 5.07. The van der Waals surface area contributed by atoms with Crippen LogP contribution in [0.2, 0.25) is 0 Å². The molecule has 0 saturated carbocycles. The van der Waals surface area contributed by atoms with Gasteiger partial charge in [0.2, 0.25) is 0 Å². The largest absolute Gasteiger partial charge is 0.383 e. The fourth-order valence-electron chi connectivity index (χ4n) is 3.64. The fraction of sp³-hybridized carbons (Fsp3) is 0.400. The fourth-order valence-corrected chi connectivity index (χ4v) is 3.64. The molecule has 0 aromatic heterocycles. The SMILES string of the molecule is CCN1C(=O)c2cccc3c(NCCN(CCN)CCN)ccc(c23)C1=O. The molecule has 0 saturated heterocycles. The molecular weight excluding hydrogens is 342 g/mol. The number of nitrogens with two attached hydrogens (primary N) is 2. The Morgan fingerprint density at radius 3 is 2.26 bits per heavy atom. The first-order valence-corrected chi connectivity index (χ1v) is 9.40. The molecule has 1 aliphatic heterocycles. The highest BCUT2D eigenvalue weighted by atomic mass is 16.2. The van der Waals surface area contributed by atoms with Gasteiger partial charge in [0.25, 0.3) is 11.8 Å². The molecule has 2 aromatic rings. The number of anilines is 1. The van der Waals surface area contributed by atoms with Gasteiger partial charge in [0.1, 0.15) is 0 Å². The summed E-state index contributed by atoms with van der Waals surface area (Å²) in [7, 11) is 0. The van der Waals surface area contributed by atoms with E-state index in [1.54, 1.807) is 6.07 Å². The zero-order valence-corrected chi connectivity index (χ0v) is 15.7. The zero-order chi connectivity index (χ0) is 19.4. The van der Waals surface area contributed by atoms with E-state index in [0.29, 0.717) is 30.8 Å². The molecule has 0 fully saturated rings. The van der Waals surface area contributed by atoms with Gasteiger partial charge in [0, 0.05) is 73.4 Å². The van der Waals surface area contributed by atoms with Crippen molar-refractivity contribution in [1.29, 1.82) is 0 Å². The Balaban J connectivity index is 1.87. The van der Waals surface area contributed by atoms with Crippen molar-refractivity contribution < 1.29 is 9.59 Å². The lowest BCUT2D eigenvalue weighted by molar-refractivity contribution is 0.0619. The third kappa shape index (κ3) is 3.66. The average Bonchev–Trinajstić information content (AvgIpc) is 2.67. The molecule has 0 unspecified atom stereocenters. The van der Waals surface area contributed by atoms with Gasteiger partial charge in [-0.1, -0.05) is 12.1 Å². The van der Waals surface area contributed by atoms with Gasteiger partial charge in [-0.3, -0.25) is 19.4 Å². The van der Waals surface area contributed by atoms with Crippen molar-refractivity contribution in [3.05, 3.63) is 41.5 Å². The third-order valence-electron chi connectivity index (χ3n) is 4.94. The van der Waals surface area contributed by atoms with Gasteiger partial charge in [0.05, 0.1) is 0 Å². The van der Waals surface area contributed by atoms with Crippen LogP contribution >= 0.6 is 0 Å². The summed E-state index contributed by atoms with van der Waals surface area (Å²) < 4.78 is 0. The van der Waals surface area contributed by atoms with Crippen molar-refractivity contribution in [1.82, 2.24) is 9.80 Å². The number of benzene rings is 2. The van der Waals surface area contributed by atoms with Crippen LogP contribution < -0.4 is 16.8 Å². The zero-order valence-electron chi connectivity index (χ0n) is 15.7. The van der Waals surface area contributed by atoms with Gasteiger partial charge in [-0.2, -0.15) is 0 Å². The number of nitrogens with zero attached hydrogens (tertiary/aromatic N) is 2. The van der Waals surface area contributed by atoms with E-state index < -0.39 is 0 Å². The van der Waals surface area contributed by atoms with Gasteiger partial charge < -0.3 is 16.8 Å². The minimum Gasteiger partial charge on any atom is -0.383 e. The van der Waals surface area contributed by atoms with Crippen LogP contribution in [0.15, 0.2) is 30.3 Å². The van der Waals surface area contributed by atoms with E-state index in [4.69, 9.17) is 11.5 Å². The Bertz CT molecular complexity index is 823. The highest BCUT2D eigenvalue weighted by Gasteiger charge is 2.32. The molecule has 0 atom stereocenters.